The van der Waals surface area contributed by atoms with Crippen molar-refractivity contribution in [3.8, 4) is 55.9 Å². The summed E-state index contributed by atoms with van der Waals surface area (Å²) in [6, 6.07) is 50.5. The van der Waals surface area contributed by atoms with Gasteiger partial charge in [-0.1, -0.05) is 109 Å². The molecule has 0 spiro atoms. The number of hydrogen-bond acceptors (Lipinski definition) is 6. The molecule has 46 heavy (non-hydrogen) atoms. The molecule has 6 heteroatoms. The summed E-state index contributed by atoms with van der Waals surface area (Å²) < 4.78 is 3.68. The Morgan fingerprint density at radius 3 is 1.54 bits per heavy atom. The average molecular weight is 625 g/mol. The quantitative estimate of drug-likeness (QED) is 0.191. The maximum atomic E-state index is 4.96. The molecule has 4 nitrogen and oxygen atoms in total. The Morgan fingerprint density at radius 1 is 0.326 bits per heavy atom. The predicted molar refractivity (Wildman–Crippen MR) is 193 cm³/mol. The summed E-state index contributed by atoms with van der Waals surface area (Å²) in [6.07, 6.45) is 0. The highest BCUT2D eigenvalue weighted by molar-refractivity contribution is 7.25. The predicted octanol–water partition coefficient (Wildman–Crippen LogP) is 11.2. The van der Waals surface area contributed by atoms with Gasteiger partial charge < -0.3 is 0 Å². The lowest BCUT2D eigenvalue weighted by Gasteiger charge is -2.08. The molecule has 6 aromatic carbocycles. The molecule has 0 saturated heterocycles. The highest BCUT2D eigenvalue weighted by Crippen LogP contribution is 2.39. The molecule has 9 aromatic rings. The van der Waals surface area contributed by atoms with Crippen molar-refractivity contribution in [1.29, 1.82) is 0 Å². The molecule has 9 rings (SSSR count). The summed E-state index contributed by atoms with van der Waals surface area (Å²) in [5, 5.41) is 3.48. The monoisotopic (exact) mass is 624 g/mol. The second-order valence-corrected chi connectivity index (χ2v) is 13.2. The number of fused-ring (bicyclic) bond motifs is 4. The van der Waals surface area contributed by atoms with Gasteiger partial charge in [0.2, 0.25) is 0 Å². The van der Waals surface area contributed by atoms with E-state index in [1.54, 1.807) is 11.3 Å². The first-order valence-electron chi connectivity index (χ1n) is 15.1. The normalized spacial score (nSPS) is 11.5. The number of nitrogens with zero attached hydrogens (tertiary/aromatic N) is 4. The number of thiophene rings is 1. The molecule has 0 amide bonds. The van der Waals surface area contributed by atoms with Crippen molar-refractivity contribution in [2.45, 2.75) is 0 Å². The van der Waals surface area contributed by atoms with Crippen LogP contribution in [0.2, 0.25) is 0 Å². The van der Waals surface area contributed by atoms with Crippen LogP contribution < -0.4 is 0 Å². The zero-order valence-corrected chi connectivity index (χ0v) is 26.1. The van der Waals surface area contributed by atoms with Gasteiger partial charge in [-0.3, -0.25) is 0 Å². The second kappa shape index (κ2) is 11.1. The van der Waals surface area contributed by atoms with E-state index in [9.17, 15) is 0 Å². The molecule has 3 heterocycles. The number of benzene rings is 6. The SMILES string of the molecule is c1ccc(-c2nc(-c3ccccc3)nc(-c3ccc4sc5cc(-c6ccc7sc(-c8ccccc8)nc7c6)ccc5c4c3)n2)cc1. The third kappa shape index (κ3) is 4.85. The Kier molecular flexibility index (Phi) is 6.47. The van der Waals surface area contributed by atoms with E-state index < -0.39 is 0 Å². The van der Waals surface area contributed by atoms with Crippen LogP contribution >= 0.6 is 22.7 Å². The van der Waals surface area contributed by atoms with Gasteiger partial charge in [-0.05, 0) is 47.5 Å². The molecule has 3 aromatic heterocycles. The van der Waals surface area contributed by atoms with Crippen molar-refractivity contribution in [3.63, 3.8) is 0 Å². The van der Waals surface area contributed by atoms with Crippen LogP contribution in [0.25, 0.3) is 86.3 Å². The van der Waals surface area contributed by atoms with Gasteiger partial charge in [-0.2, -0.15) is 0 Å². The smallest absolute Gasteiger partial charge is 0.164 e. The first-order chi connectivity index (χ1) is 22.7. The van der Waals surface area contributed by atoms with Crippen LogP contribution in [0, 0.1) is 0 Å². The van der Waals surface area contributed by atoms with Gasteiger partial charge in [0.05, 0.1) is 10.2 Å². The Hall–Kier alpha value is -5.56. The molecule has 0 fully saturated rings. The Morgan fingerprint density at radius 2 is 0.870 bits per heavy atom. The van der Waals surface area contributed by atoms with Crippen LogP contribution in [0.15, 0.2) is 146 Å². The van der Waals surface area contributed by atoms with E-state index in [0.29, 0.717) is 17.5 Å². The minimum atomic E-state index is 0.664. The van der Waals surface area contributed by atoms with Crippen LogP contribution in [-0.4, -0.2) is 19.9 Å². The van der Waals surface area contributed by atoms with Gasteiger partial charge in [0.1, 0.15) is 5.01 Å². The lowest BCUT2D eigenvalue weighted by atomic mass is 10.0. The topological polar surface area (TPSA) is 51.6 Å². The summed E-state index contributed by atoms with van der Waals surface area (Å²) >= 11 is 3.55. The van der Waals surface area contributed by atoms with E-state index in [1.165, 1.54) is 36.0 Å². The molecule has 216 valence electrons. The minimum absolute atomic E-state index is 0.664. The fourth-order valence-electron chi connectivity index (χ4n) is 5.84. The summed E-state index contributed by atoms with van der Waals surface area (Å²) in [7, 11) is 0. The molecule has 0 unspecified atom stereocenters. The van der Waals surface area contributed by atoms with Crippen molar-refractivity contribution in [2.75, 3.05) is 0 Å². The van der Waals surface area contributed by atoms with Gasteiger partial charge in [0.25, 0.3) is 0 Å². The van der Waals surface area contributed by atoms with Crippen LogP contribution in [0.1, 0.15) is 0 Å². The zero-order valence-electron chi connectivity index (χ0n) is 24.5. The first-order valence-corrected chi connectivity index (χ1v) is 16.7. The van der Waals surface area contributed by atoms with Gasteiger partial charge in [0.15, 0.2) is 17.5 Å². The fraction of sp³-hybridized carbons (Fsp3) is 0. The molecule has 0 bridgehead atoms. The molecule has 0 saturated carbocycles. The standard InChI is InChI=1S/C40H24N4S2/c1-4-10-25(11-5-1)37-42-38(26-12-6-2-7-13-26)44-39(43-37)30-18-20-34-32(22-30)31-19-16-29(24-36(31)45-34)28-17-21-35-33(23-28)41-40(46-35)27-14-8-3-9-15-27/h1-24H. The highest BCUT2D eigenvalue weighted by atomic mass is 32.1. The van der Waals surface area contributed by atoms with E-state index in [2.05, 4.69) is 78.9 Å². The maximum Gasteiger partial charge on any atom is 0.164 e. The van der Waals surface area contributed by atoms with E-state index in [4.69, 9.17) is 19.9 Å². The number of aromatic nitrogens is 4. The van der Waals surface area contributed by atoms with E-state index in [-0.39, 0.29) is 0 Å². The average Bonchev–Trinajstić information content (AvgIpc) is 3.73. The molecule has 0 atom stereocenters. The van der Waals surface area contributed by atoms with E-state index >= 15 is 0 Å². The van der Waals surface area contributed by atoms with Gasteiger partial charge >= 0.3 is 0 Å². The van der Waals surface area contributed by atoms with E-state index in [1.807, 2.05) is 78.1 Å². The fourth-order valence-corrected chi connectivity index (χ4v) is 7.92. The molecular weight excluding hydrogens is 601 g/mol. The zero-order chi connectivity index (χ0) is 30.5. The summed E-state index contributed by atoms with van der Waals surface area (Å²) in [5.74, 6) is 1.99. The largest absolute Gasteiger partial charge is 0.236 e. The summed E-state index contributed by atoms with van der Waals surface area (Å²) in [6.45, 7) is 0. The van der Waals surface area contributed by atoms with E-state index in [0.717, 1.165) is 32.8 Å². The molecule has 0 aliphatic carbocycles. The van der Waals surface area contributed by atoms with Crippen molar-refractivity contribution in [3.05, 3.63) is 146 Å². The van der Waals surface area contributed by atoms with Crippen molar-refractivity contribution in [2.24, 2.45) is 0 Å². The minimum Gasteiger partial charge on any atom is -0.236 e. The lowest BCUT2D eigenvalue weighted by Crippen LogP contribution is -2.00. The molecule has 0 radical (unpaired) electrons. The second-order valence-electron chi connectivity index (χ2n) is 11.1. The summed E-state index contributed by atoms with van der Waals surface area (Å²) in [4.78, 5) is 19.7. The first kappa shape index (κ1) is 26.8. The Bertz CT molecular complexity index is 2460. The van der Waals surface area contributed by atoms with Crippen molar-refractivity contribution < 1.29 is 0 Å². The highest BCUT2D eigenvalue weighted by Gasteiger charge is 2.15. The van der Waals surface area contributed by atoms with Crippen molar-refractivity contribution >= 4 is 53.1 Å². The Balaban J connectivity index is 1.11. The van der Waals surface area contributed by atoms with Gasteiger partial charge in [0, 0.05) is 42.4 Å². The van der Waals surface area contributed by atoms with Crippen LogP contribution in [0.4, 0.5) is 0 Å². The molecular formula is C40H24N4S2. The third-order valence-corrected chi connectivity index (χ3v) is 10.4. The number of thiazole rings is 1. The van der Waals surface area contributed by atoms with Crippen molar-refractivity contribution in [1.82, 2.24) is 19.9 Å². The molecule has 0 aliphatic heterocycles. The number of rotatable bonds is 5. The third-order valence-electron chi connectivity index (χ3n) is 8.17. The van der Waals surface area contributed by atoms with Gasteiger partial charge in [-0.25, -0.2) is 19.9 Å². The van der Waals surface area contributed by atoms with Crippen LogP contribution in [-0.2, 0) is 0 Å². The van der Waals surface area contributed by atoms with Crippen LogP contribution in [0.5, 0.6) is 0 Å². The molecule has 0 aliphatic rings. The van der Waals surface area contributed by atoms with Crippen LogP contribution in [0.3, 0.4) is 0 Å². The molecule has 0 N–H and O–H groups in total. The van der Waals surface area contributed by atoms with Gasteiger partial charge in [-0.15, -0.1) is 22.7 Å². The summed E-state index contributed by atoms with van der Waals surface area (Å²) in [5.41, 5.74) is 7.44. The maximum absolute atomic E-state index is 4.96. The number of hydrogen-bond donors (Lipinski definition) is 0. The Labute approximate surface area is 273 Å². The lowest BCUT2D eigenvalue weighted by molar-refractivity contribution is 1.07.